The molecule has 2 N–H and O–H groups in total. The van der Waals surface area contributed by atoms with Gasteiger partial charge in [0.05, 0.1) is 24.6 Å². The summed E-state index contributed by atoms with van der Waals surface area (Å²) in [7, 11) is 0. The summed E-state index contributed by atoms with van der Waals surface area (Å²) in [5.41, 5.74) is 1.84. The molecule has 0 aliphatic carbocycles. The lowest BCUT2D eigenvalue weighted by atomic mass is 9.92. The molecule has 1 atom stereocenters. The van der Waals surface area contributed by atoms with Crippen molar-refractivity contribution in [3.8, 4) is 11.4 Å². The third kappa shape index (κ3) is 6.43. The number of ether oxygens (including phenoxy) is 2. The molecule has 1 saturated heterocycles. The summed E-state index contributed by atoms with van der Waals surface area (Å²) in [6.45, 7) is 12.3. The fourth-order valence-corrected chi connectivity index (χ4v) is 4.85. The average Bonchev–Trinajstić information content (AvgIpc) is 3.39. The Hall–Kier alpha value is -3.79. The molecule has 1 fully saturated rings. The van der Waals surface area contributed by atoms with Gasteiger partial charge in [-0.2, -0.15) is 5.10 Å². The van der Waals surface area contributed by atoms with Gasteiger partial charge in [-0.25, -0.2) is 9.07 Å². The van der Waals surface area contributed by atoms with E-state index < -0.39 is 12.0 Å². The SMILES string of the molecule is Cc1ccc(-n2nc(C(C)(C)C)cc2NC(=O)C(O)c2ccc(OCCN3CCOCC3)c3ccccc23)cc1F. The number of carbonyl (C=O) groups excluding carboxylic acids is 1. The van der Waals surface area contributed by atoms with Gasteiger partial charge in [-0.05, 0) is 41.6 Å². The van der Waals surface area contributed by atoms with Crippen LogP contribution in [0.1, 0.15) is 43.7 Å². The summed E-state index contributed by atoms with van der Waals surface area (Å²) in [5.74, 6) is 0.0470. The monoisotopic (exact) mass is 560 g/mol. The van der Waals surface area contributed by atoms with Gasteiger partial charge < -0.3 is 19.9 Å². The van der Waals surface area contributed by atoms with Crippen molar-refractivity contribution in [2.75, 3.05) is 44.8 Å². The maximum absolute atomic E-state index is 14.4. The molecule has 216 valence electrons. The Morgan fingerprint density at radius 1 is 1.10 bits per heavy atom. The van der Waals surface area contributed by atoms with Gasteiger partial charge in [-0.15, -0.1) is 0 Å². The molecule has 41 heavy (non-hydrogen) atoms. The van der Waals surface area contributed by atoms with Crippen LogP contribution in [-0.4, -0.2) is 65.1 Å². The molecule has 3 aromatic carbocycles. The highest BCUT2D eigenvalue weighted by Gasteiger charge is 2.26. The number of rotatable bonds is 8. The summed E-state index contributed by atoms with van der Waals surface area (Å²) >= 11 is 0. The normalized spacial score (nSPS) is 15.2. The Kier molecular flexibility index (Phi) is 8.40. The zero-order chi connectivity index (χ0) is 29.1. The third-order valence-electron chi connectivity index (χ3n) is 7.36. The van der Waals surface area contributed by atoms with Crippen LogP contribution in [0, 0.1) is 12.7 Å². The number of hydrogen-bond donors (Lipinski definition) is 2. The van der Waals surface area contributed by atoms with Gasteiger partial charge in [-0.1, -0.05) is 57.2 Å². The second kappa shape index (κ2) is 12.0. The van der Waals surface area contributed by atoms with E-state index in [2.05, 4.69) is 15.3 Å². The minimum atomic E-state index is -1.46. The van der Waals surface area contributed by atoms with Gasteiger partial charge in [0.25, 0.3) is 5.91 Å². The average molecular weight is 561 g/mol. The first-order chi connectivity index (χ1) is 19.6. The fraction of sp³-hybridized carbons (Fsp3) is 0.375. The number of carbonyl (C=O) groups is 1. The van der Waals surface area contributed by atoms with Crippen molar-refractivity contribution in [2.24, 2.45) is 0 Å². The molecule has 0 radical (unpaired) electrons. The summed E-state index contributed by atoms with van der Waals surface area (Å²) < 4.78 is 27.4. The fourth-order valence-electron chi connectivity index (χ4n) is 4.85. The summed E-state index contributed by atoms with van der Waals surface area (Å²) in [6, 6.07) is 17.6. The molecule has 9 heteroatoms. The van der Waals surface area contributed by atoms with E-state index in [4.69, 9.17) is 9.47 Å². The number of aliphatic hydroxyl groups excluding tert-OH is 1. The number of amides is 1. The van der Waals surface area contributed by atoms with Gasteiger partial charge in [-0.3, -0.25) is 9.69 Å². The third-order valence-corrected chi connectivity index (χ3v) is 7.36. The van der Waals surface area contributed by atoms with Crippen molar-refractivity contribution in [2.45, 2.75) is 39.2 Å². The Balaban J connectivity index is 1.39. The Morgan fingerprint density at radius 2 is 1.83 bits per heavy atom. The van der Waals surface area contributed by atoms with Crippen molar-refractivity contribution in [3.05, 3.63) is 83.3 Å². The van der Waals surface area contributed by atoms with Gasteiger partial charge >= 0.3 is 0 Å². The summed E-state index contributed by atoms with van der Waals surface area (Å²) in [6.07, 6.45) is -1.46. The highest BCUT2D eigenvalue weighted by atomic mass is 19.1. The first kappa shape index (κ1) is 28.7. The lowest BCUT2D eigenvalue weighted by Crippen LogP contribution is -2.38. The lowest BCUT2D eigenvalue weighted by molar-refractivity contribution is -0.124. The topological polar surface area (TPSA) is 88.9 Å². The van der Waals surface area contributed by atoms with E-state index in [9.17, 15) is 14.3 Å². The van der Waals surface area contributed by atoms with E-state index in [-0.39, 0.29) is 11.2 Å². The molecular formula is C32H37FN4O4. The van der Waals surface area contributed by atoms with E-state index >= 15 is 0 Å². The van der Waals surface area contributed by atoms with E-state index in [0.717, 1.165) is 43.6 Å². The Labute approximate surface area is 239 Å². The first-order valence-corrected chi connectivity index (χ1v) is 13.9. The van der Waals surface area contributed by atoms with E-state index in [1.54, 1.807) is 37.3 Å². The highest BCUT2D eigenvalue weighted by Crippen LogP contribution is 2.33. The zero-order valence-electron chi connectivity index (χ0n) is 24.0. The van der Waals surface area contributed by atoms with Crippen LogP contribution in [0.3, 0.4) is 0 Å². The summed E-state index contributed by atoms with van der Waals surface area (Å²) in [4.78, 5) is 15.7. The largest absolute Gasteiger partial charge is 0.492 e. The van der Waals surface area contributed by atoms with Crippen LogP contribution >= 0.6 is 0 Å². The number of nitrogens with one attached hydrogen (secondary N) is 1. The van der Waals surface area contributed by atoms with Crippen molar-refractivity contribution >= 4 is 22.5 Å². The molecule has 1 aliphatic heterocycles. The number of benzene rings is 3. The smallest absolute Gasteiger partial charge is 0.259 e. The van der Waals surface area contributed by atoms with Crippen LogP contribution in [0.25, 0.3) is 16.5 Å². The van der Waals surface area contributed by atoms with Gasteiger partial charge in [0, 0.05) is 36.5 Å². The number of halogens is 1. The number of aliphatic hydroxyl groups is 1. The quantitative estimate of drug-likeness (QED) is 0.310. The molecule has 1 aromatic heterocycles. The maximum Gasteiger partial charge on any atom is 0.259 e. The van der Waals surface area contributed by atoms with Crippen molar-refractivity contribution in [1.29, 1.82) is 0 Å². The molecule has 4 aromatic rings. The molecule has 1 unspecified atom stereocenters. The molecule has 0 spiro atoms. The number of fused-ring (bicyclic) bond motifs is 1. The highest BCUT2D eigenvalue weighted by molar-refractivity contribution is 5.99. The van der Waals surface area contributed by atoms with Crippen LogP contribution in [0.4, 0.5) is 10.2 Å². The zero-order valence-corrected chi connectivity index (χ0v) is 24.0. The second-order valence-corrected chi connectivity index (χ2v) is 11.4. The van der Waals surface area contributed by atoms with Gasteiger partial charge in [0.2, 0.25) is 0 Å². The van der Waals surface area contributed by atoms with Crippen LogP contribution in [0.2, 0.25) is 0 Å². The maximum atomic E-state index is 14.4. The number of morpholine rings is 1. The number of aromatic nitrogens is 2. The number of nitrogens with zero attached hydrogens (tertiary/aromatic N) is 3. The summed E-state index contributed by atoms with van der Waals surface area (Å²) in [5, 5.41) is 20.3. The molecule has 0 saturated carbocycles. The van der Waals surface area contributed by atoms with Crippen molar-refractivity contribution in [3.63, 3.8) is 0 Å². The minimum Gasteiger partial charge on any atom is -0.492 e. The molecule has 1 amide bonds. The predicted molar refractivity (Wildman–Crippen MR) is 157 cm³/mol. The lowest BCUT2D eigenvalue weighted by Gasteiger charge is -2.26. The van der Waals surface area contributed by atoms with Crippen LogP contribution in [-0.2, 0) is 14.9 Å². The van der Waals surface area contributed by atoms with Crippen LogP contribution in [0.15, 0.2) is 60.7 Å². The van der Waals surface area contributed by atoms with Crippen LogP contribution in [0.5, 0.6) is 5.75 Å². The number of hydrogen-bond acceptors (Lipinski definition) is 6. The van der Waals surface area contributed by atoms with Crippen molar-refractivity contribution in [1.82, 2.24) is 14.7 Å². The first-order valence-electron chi connectivity index (χ1n) is 13.9. The Morgan fingerprint density at radius 3 is 2.54 bits per heavy atom. The molecule has 8 nitrogen and oxygen atoms in total. The molecular weight excluding hydrogens is 523 g/mol. The molecule has 5 rings (SSSR count). The molecule has 1 aliphatic rings. The number of anilines is 1. The Bertz CT molecular complexity index is 1540. The van der Waals surface area contributed by atoms with E-state index in [1.807, 2.05) is 45.0 Å². The molecule has 0 bridgehead atoms. The predicted octanol–water partition coefficient (Wildman–Crippen LogP) is 5.15. The van der Waals surface area contributed by atoms with Crippen LogP contribution < -0.4 is 10.1 Å². The van der Waals surface area contributed by atoms with E-state index in [0.29, 0.717) is 40.7 Å². The van der Waals surface area contributed by atoms with Crippen molar-refractivity contribution < 1.29 is 23.8 Å². The number of aryl methyl sites for hydroxylation is 1. The van der Waals surface area contributed by atoms with E-state index in [1.165, 1.54) is 10.7 Å². The second-order valence-electron chi connectivity index (χ2n) is 11.4. The minimum absolute atomic E-state index is 0.319. The standard InChI is InChI=1S/C32H37FN4O4/c1-21-9-10-22(19-26(21)33)37-29(20-28(35-37)32(2,3)4)34-31(39)30(38)25-11-12-27(24-8-6-5-7-23(24)25)41-18-15-36-13-16-40-17-14-36/h5-12,19-20,30,38H,13-18H2,1-4H3,(H,34,39). The van der Waals surface area contributed by atoms with Gasteiger partial charge in [0.15, 0.2) is 6.10 Å². The van der Waals surface area contributed by atoms with Gasteiger partial charge in [0.1, 0.15) is 24.0 Å². The molecule has 2 heterocycles.